The van der Waals surface area contributed by atoms with E-state index in [1.54, 1.807) is 18.2 Å². The van der Waals surface area contributed by atoms with Crippen LogP contribution in [-0.4, -0.2) is 35.1 Å². The maximum Gasteiger partial charge on any atom is 0.416 e. The van der Waals surface area contributed by atoms with E-state index in [0.29, 0.717) is 5.03 Å². The molecule has 12 heteroatoms. The SMILES string of the molecule is COc1cccc(-c2c(C)c(Cc3c(F)cccc3C(F)(F)F)c3n(c2=O)C(C(NCCC(=O)O)c2ccccc2)CS3)c1F. The number of nitrogens with zero attached hydrogens (tertiary/aromatic N) is 1. The Balaban J connectivity index is 1.77. The van der Waals surface area contributed by atoms with Crippen molar-refractivity contribution in [2.24, 2.45) is 0 Å². The third-order valence-corrected chi connectivity index (χ3v) is 9.16. The molecule has 0 saturated carbocycles. The molecular formula is C33H29F5N2O4S. The van der Waals surface area contributed by atoms with E-state index < -0.39 is 59.0 Å². The fraction of sp³-hybridized carbons (Fsp3) is 0.273. The number of benzene rings is 3. The zero-order chi connectivity index (χ0) is 32.5. The number of carbonyl (C=O) groups is 1. The van der Waals surface area contributed by atoms with Gasteiger partial charge in [-0.2, -0.15) is 13.2 Å². The number of alkyl halides is 3. The maximum atomic E-state index is 15.7. The number of aromatic nitrogens is 1. The van der Waals surface area contributed by atoms with Gasteiger partial charge in [0.05, 0.1) is 41.8 Å². The van der Waals surface area contributed by atoms with Crippen LogP contribution in [0.1, 0.15) is 46.3 Å². The first-order valence-electron chi connectivity index (χ1n) is 14.0. The number of methoxy groups -OCH3 is 1. The molecule has 0 aliphatic carbocycles. The number of pyridine rings is 1. The van der Waals surface area contributed by atoms with Gasteiger partial charge < -0.3 is 15.2 Å². The second kappa shape index (κ2) is 13.1. The van der Waals surface area contributed by atoms with Gasteiger partial charge in [-0.15, -0.1) is 11.8 Å². The Labute approximate surface area is 259 Å². The number of carboxylic acids is 1. The van der Waals surface area contributed by atoms with E-state index >= 15 is 8.78 Å². The standard InChI is InChI=1S/C33H29F5N2O4S/c1-18-21(16-22-23(33(36,37)38)11-7-12-24(22)34)32-40(31(43)28(18)20-10-6-13-26(44-2)29(20)35)25(17-45-32)30(39-15-14-27(41)42)19-8-4-3-5-9-19/h3-13,25,30,39H,14-17H2,1-2H3,(H,41,42). The molecule has 0 amide bonds. The number of rotatable bonds is 10. The molecule has 1 aliphatic rings. The van der Waals surface area contributed by atoms with Crippen LogP contribution in [-0.2, 0) is 17.4 Å². The van der Waals surface area contributed by atoms with Crippen LogP contribution in [0.15, 0.2) is 76.6 Å². The highest BCUT2D eigenvalue weighted by atomic mass is 32.2. The largest absolute Gasteiger partial charge is 0.494 e. The number of aliphatic carboxylic acids is 1. The van der Waals surface area contributed by atoms with Crippen molar-refractivity contribution in [1.29, 1.82) is 0 Å². The first-order valence-corrected chi connectivity index (χ1v) is 15.0. The first kappa shape index (κ1) is 32.2. The molecule has 2 N–H and O–H groups in total. The highest BCUT2D eigenvalue weighted by molar-refractivity contribution is 7.99. The number of thioether (sulfide) groups is 1. The lowest BCUT2D eigenvalue weighted by Crippen LogP contribution is -2.37. The molecule has 2 heterocycles. The summed E-state index contributed by atoms with van der Waals surface area (Å²) in [4.78, 5) is 25.7. The van der Waals surface area contributed by atoms with Crippen LogP contribution in [0.4, 0.5) is 22.0 Å². The molecule has 1 aliphatic heterocycles. The predicted molar refractivity (Wildman–Crippen MR) is 161 cm³/mol. The Morgan fingerprint density at radius 2 is 1.78 bits per heavy atom. The van der Waals surface area contributed by atoms with Gasteiger partial charge in [0.25, 0.3) is 5.56 Å². The zero-order valence-electron chi connectivity index (χ0n) is 24.3. The molecule has 6 nitrogen and oxygen atoms in total. The average molecular weight is 645 g/mol. The van der Waals surface area contributed by atoms with E-state index in [0.717, 1.165) is 23.8 Å². The summed E-state index contributed by atoms with van der Waals surface area (Å²) >= 11 is 1.23. The first-order chi connectivity index (χ1) is 21.4. The number of ether oxygens (including phenoxy) is 1. The van der Waals surface area contributed by atoms with Gasteiger partial charge in [-0.3, -0.25) is 14.2 Å². The van der Waals surface area contributed by atoms with Gasteiger partial charge in [-0.05, 0) is 41.8 Å². The van der Waals surface area contributed by atoms with Crippen molar-refractivity contribution >= 4 is 17.7 Å². The van der Waals surface area contributed by atoms with Crippen LogP contribution in [0.2, 0.25) is 0 Å². The van der Waals surface area contributed by atoms with Gasteiger partial charge >= 0.3 is 12.1 Å². The summed E-state index contributed by atoms with van der Waals surface area (Å²) in [6.07, 6.45) is -5.55. The lowest BCUT2D eigenvalue weighted by Gasteiger charge is -2.28. The van der Waals surface area contributed by atoms with Crippen molar-refractivity contribution in [2.75, 3.05) is 19.4 Å². The summed E-state index contributed by atoms with van der Waals surface area (Å²) in [5.41, 5.74) is -1.28. The lowest BCUT2D eigenvalue weighted by molar-refractivity contribution is -0.138. The van der Waals surface area contributed by atoms with Crippen molar-refractivity contribution in [2.45, 2.75) is 43.1 Å². The summed E-state index contributed by atoms with van der Waals surface area (Å²) in [5, 5.41) is 12.8. The predicted octanol–water partition coefficient (Wildman–Crippen LogP) is 7.17. The van der Waals surface area contributed by atoms with E-state index in [1.165, 1.54) is 48.6 Å². The summed E-state index contributed by atoms with van der Waals surface area (Å²) in [5.74, 6) is -2.74. The van der Waals surface area contributed by atoms with Crippen LogP contribution >= 0.6 is 11.8 Å². The van der Waals surface area contributed by atoms with E-state index in [4.69, 9.17) is 4.74 Å². The summed E-state index contributed by atoms with van der Waals surface area (Å²) in [6, 6.07) is 14.8. The minimum Gasteiger partial charge on any atom is -0.494 e. The number of carboxylic acid groups (broad SMARTS) is 1. The third kappa shape index (κ3) is 6.34. The molecule has 3 aromatic carbocycles. The number of halogens is 5. The molecule has 4 aromatic rings. The Bertz CT molecular complexity index is 1790. The zero-order valence-corrected chi connectivity index (χ0v) is 25.1. The normalized spacial score (nSPS) is 15.1. The lowest BCUT2D eigenvalue weighted by atomic mass is 9.91. The van der Waals surface area contributed by atoms with Gasteiger partial charge in [0, 0.05) is 29.8 Å². The average Bonchev–Trinajstić information content (AvgIpc) is 3.43. The minimum absolute atomic E-state index is 0.0698. The fourth-order valence-corrected chi connectivity index (χ4v) is 7.24. The van der Waals surface area contributed by atoms with Gasteiger partial charge in [0.2, 0.25) is 0 Å². The molecule has 2 atom stereocenters. The van der Waals surface area contributed by atoms with Crippen LogP contribution in [0.5, 0.6) is 5.75 Å². The molecule has 45 heavy (non-hydrogen) atoms. The molecule has 5 rings (SSSR count). The quantitative estimate of drug-likeness (QED) is 0.178. The van der Waals surface area contributed by atoms with E-state index in [9.17, 15) is 27.9 Å². The second-order valence-corrected chi connectivity index (χ2v) is 11.6. The van der Waals surface area contributed by atoms with Gasteiger partial charge in [-0.1, -0.05) is 48.5 Å². The fourth-order valence-electron chi connectivity index (χ4n) is 5.81. The smallest absolute Gasteiger partial charge is 0.416 e. The van der Waals surface area contributed by atoms with E-state index in [1.807, 2.05) is 12.1 Å². The molecule has 0 spiro atoms. The van der Waals surface area contributed by atoms with Crippen molar-refractivity contribution < 1.29 is 36.6 Å². The monoisotopic (exact) mass is 644 g/mol. The number of hydrogen-bond donors (Lipinski definition) is 2. The Morgan fingerprint density at radius 1 is 1.07 bits per heavy atom. The van der Waals surface area contributed by atoms with Crippen molar-refractivity contribution in [3.8, 4) is 16.9 Å². The molecule has 0 saturated heterocycles. The number of fused-ring (bicyclic) bond motifs is 1. The maximum absolute atomic E-state index is 15.7. The number of nitrogens with one attached hydrogen (secondary N) is 1. The molecule has 236 valence electrons. The topological polar surface area (TPSA) is 80.6 Å². The highest BCUT2D eigenvalue weighted by Crippen LogP contribution is 2.45. The second-order valence-electron chi connectivity index (χ2n) is 10.6. The van der Waals surface area contributed by atoms with Crippen LogP contribution in [0.25, 0.3) is 11.1 Å². The molecular weight excluding hydrogens is 615 g/mol. The van der Waals surface area contributed by atoms with Crippen molar-refractivity contribution in [3.63, 3.8) is 0 Å². The summed E-state index contributed by atoms with van der Waals surface area (Å²) < 4.78 is 79.5. The molecule has 0 bridgehead atoms. The summed E-state index contributed by atoms with van der Waals surface area (Å²) in [6.45, 7) is 1.59. The van der Waals surface area contributed by atoms with Crippen molar-refractivity contribution in [3.05, 3.63) is 117 Å². The Morgan fingerprint density at radius 3 is 2.44 bits per heavy atom. The van der Waals surface area contributed by atoms with Crippen molar-refractivity contribution in [1.82, 2.24) is 9.88 Å². The van der Waals surface area contributed by atoms with E-state index in [2.05, 4.69) is 5.32 Å². The van der Waals surface area contributed by atoms with Gasteiger partial charge in [0.15, 0.2) is 11.6 Å². The van der Waals surface area contributed by atoms with Crippen LogP contribution in [0, 0.1) is 18.6 Å². The molecule has 0 radical (unpaired) electrons. The summed E-state index contributed by atoms with van der Waals surface area (Å²) in [7, 11) is 1.27. The van der Waals surface area contributed by atoms with Crippen LogP contribution in [0.3, 0.4) is 0 Å². The Hall–Kier alpha value is -4.16. The highest BCUT2D eigenvalue weighted by Gasteiger charge is 2.38. The van der Waals surface area contributed by atoms with Crippen LogP contribution < -0.4 is 15.6 Å². The number of hydrogen-bond acceptors (Lipinski definition) is 5. The third-order valence-electron chi connectivity index (χ3n) is 7.94. The minimum atomic E-state index is -4.84. The van der Waals surface area contributed by atoms with Gasteiger partial charge in [-0.25, -0.2) is 8.78 Å². The Kier molecular flexibility index (Phi) is 9.36. The van der Waals surface area contributed by atoms with Gasteiger partial charge in [0.1, 0.15) is 5.82 Å². The molecule has 2 unspecified atom stereocenters. The molecule has 1 aromatic heterocycles. The molecule has 0 fully saturated rings. The van der Waals surface area contributed by atoms with E-state index in [-0.39, 0.29) is 46.7 Å².